The van der Waals surface area contributed by atoms with E-state index < -0.39 is 13.6 Å². The molecule has 0 aromatic carbocycles. The SMILES string of the molecule is CCCCCCCCC=CCCCCCCCCOP(=O)(CN(C)CC(=O)O)OCCCCCCCCC=CCCCCCCCC. The molecule has 0 radical (unpaired) electrons. The summed E-state index contributed by atoms with van der Waals surface area (Å²) in [7, 11) is -1.71. The third-order valence-electron chi connectivity index (χ3n) is 8.71. The molecular weight excluding hydrogens is 605 g/mol. The summed E-state index contributed by atoms with van der Waals surface area (Å²) in [6.45, 7) is 5.14. The Morgan fingerprint density at radius 3 is 1.15 bits per heavy atom. The van der Waals surface area contributed by atoms with E-state index in [-0.39, 0.29) is 12.8 Å². The second-order valence-corrected chi connectivity index (χ2v) is 15.7. The lowest BCUT2D eigenvalue weighted by molar-refractivity contribution is -0.137. The van der Waals surface area contributed by atoms with Crippen molar-refractivity contribution in [3.63, 3.8) is 0 Å². The molecule has 0 bridgehead atoms. The Morgan fingerprint density at radius 1 is 0.532 bits per heavy atom. The van der Waals surface area contributed by atoms with Crippen molar-refractivity contribution in [1.29, 1.82) is 0 Å². The molecule has 0 aromatic rings. The number of rotatable bonds is 38. The van der Waals surface area contributed by atoms with Gasteiger partial charge in [-0.25, -0.2) is 0 Å². The number of likely N-dealkylation sites (N-methyl/N-ethyl adjacent to an activating group) is 1. The van der Waals surface area contributed by atoms with Gasteiger partial charge in [0.05, 0.1) is 19.8 Å². The maximum Gasteiger partial charge on any atom is 0.344 e. The Labute approximate surface area is 292 Å². The van der Waals surface area contributed by atoms with E-state index in [1.165, 1.54) is 146 Å². The molecule has 0 aliphatic carbocycles. The Hall–Kier alpha value is -0.940. The van der Waals surface area contributed by atoms with Crippen molar-refractivity contribution < 1.29 is 23.5 Å². The molecule has 0 atom stereocenters. The lowest BCUT2D eigenvalue weighted by Crippen LogP contribution is -2.27. The van der Waals surface area contributed by atoms with Gasteiger partial charge in [0.15, 0.2) is 0 Å². The topological polar surface area (TPSA) is 76.1 Å². The maximum atomic E-state index is 13.4. The van der Waals surface area contributed by atoms with Gasteiger partial charge in [0.1, 0.15) is 6.29 Å². The van der Waals surface area contributed by atoms with E-state index >= 15 is 0 Å². The van der Waals surface area contributed by atoms with Crippen molar-refractivity contribution in [1.82, 2.24) is 4.90 Å². The molecule has 0 aliphatic rings. The van der Waals surface area contributed by atoms with E-state index in [2.05, 4.69) is 38.2 Å². The second kappa shape index (κ2) is 36.3. The molecule has 6 nitrogen and oxygen atoms in total. The fourth-order valence-corrected chi connectivity index (χ4v) is 7.55. The van der Waals surface area contributed by atoms with Crippen molar-refractivity contribution in [2.45, 2.75) is 194 Å². The van der Waals surface area contributed by atoms with Gasteiger partial charge in [-0.1, -0.05) is 154 Å². The van der Waals surface area contributed by atoms with E-state index in [1.54, 1.807) is 7.05 Å². The average molecular weight is 684 g/mol. The molecule has 0 aromatic heterocycles. The zero-order chi connectivity index (χ0) is 34.5. The summed E-state index contributed by atoms with van der Waals surface area (Å²) in [4.78, 5) is 12.6. The lowest BCUT2D eigenvalue weighted by Gasteiger charge is -2.23. The monoisotopic (exact) mass is 684 g/mol. The van der Waals surface area contributed by atoms with Gasteiger partial charge in [-0.05, 0) is 71.3 Å². The number of carboxylic acid groups (broad SMARTS) is 1. The van der Waals surface area contributed by atoms with Gasteiger partial charge in [0.2, 0.25) is 0 Å². The summed E-state index contributed by atoms with van der Waals surface area (Å²) in [6, 6.07) is 0. The third-order valence-corrected chi connectivity index (χ3v) is 10.7. The maximum absolute atomic E-state index is 13.4. The molecule has 0 aliphatic heterocycles. The van der Waals surface area contributed by atoms with Crippen molar-refractivity contribution >= 4 is 13.6 Å². The van der Waals surface area contributed by atoms with Gasteiger partial charge >= 0.3 is 13.6 Å². The normalized spacial score (nSPS) is 13.4. The molecular formula is C40H78NO5P. The average Bonchev–Trinajstić information content (AvgIpc) is 3.03. The minimum Gasteiger partial charge on any atom is -0.480 e. The van der Waals surface area contributed by atoms with Gasteiger partial charge in [-0.3, -0.25) is 14.3 Å². The molecule has 0 heterocycles. The number of unbranched alkanes of at least 4 members (excludes halogenated alkanes) is 24. The number of carboxylic acids is 1. The molecule has 1 N–H and O–H groups in total. The Balaban J connectivity index is 3.95. The van der Waals surface area contributed by atoms with Crippen LogP contribution < -0.4 is 0 Å². The number of aliphatic carboxylic acids is 1. The first-order valence-corrected chi connectivity index (χ1v) is 21.7. The first kappa shape index (κ1) is 46.1. The third kappa shape index (κ3) is 36.2. The number of hydrogen-bond donors (Lipinski definition) is 1. The van der Waals surface area contributed by atoms with E-state index in [0.29, 0.717) is 13.2 Å². The predicted molar refractivity (Wildman–Crippen MR) is 204 cm³/mol. The molecule has 0 amide bonds. The minimum absolute atomic E-state index is 0.0120. The molecule has 7 heteroatoms. The Kier molecular flexibility index (Phi) is 35.6. The highest BCUT2D eigenvalue weighted by Crippen LogP contribution is 2.48. The number of nitrogens with zero attached hydrogens (tertiary/aromatic N) is 1. The summed E-state index contributed by atoms with van der Waals surface area (Å²) < 4.78 is 25.1. The first-order chi connectivity index (χ1) is 22.9. The molecule has 278 valence electrons. The van der Waals surface area contributed by atoms with Crippen LogP contribution in [-0.2, 0) is 18.4 Å². The van der Waals surface area contributed by atoms with E-state index in [1.807, 2.05) is 0 Å². The van der Waals surface area contributed by atoms with Crippen LogP contribution in [0.1, 0.15) is 194 Å². The van der Waals surface area contributed by atoms with Gasteiger partial charge < -0.3 is 14.2 Å². The molecule has 0 unspecified atom stereocenters. The first-order valence-electron chi connectivity index (χ1n) is 20.0. The molecule has 0 fully saturated rings. The Morgan fingerprint density at radius 2 is 0.830 bits per heavy atom. The van der Waals surface area contributed by atoms with Crippen LogP contribution in [0.25, 0.3) is 0 Å². The quantitative estimate of drug-likeness (QED) is 0.0396. The highest BCUT2D eigenvalue weighted by molar-refractivity contribution is 7.53. The predicted octanol–water partition coefficient (Wildman–Crippen LogP) is 13.3. The van der Waals surface area contributed by atoms with E-state index in [0.717, 1.165) is 38.5 Å². The summed E-state index contributed by atoms with van der Waals surface area (Å²) >= 11 is 0. The van der Waals surface area contributed by atoms with Crippen LogP contribution in [0.15, 0.2) is 24.3 Å². The van der Waals surface area contributed by atoms with Crippen LogP contribution in [0, 0.1) is 0 Å². The number of hydrogen-bond acceptors (Lipinski definition) is 5. The van der Waals surface area contributed by atoms with Crippen LogP contribution in [0.5, 0.6) is 0 Å². The van der Waals surface area contributed by atoms with E-state index in [4.69, 9.17) is 14.2 Å². The van der Waals surface area contributed by atoms with Gasteiger partial charge in [-0.15, -0.1) is 0 Å². The zero-order valence-corrected chi connectivity index (χ0v) is 32.3. The van der Waals surface area contributed by atoms with Crippen LogP contribution in [-0.4, -0.2) is 49.1 Å². The standard InChI is InChI=1S/C40H78NO5P/c1-4-6-8-10-12-14-16-18-20-22-24-26-28-30-32-34-36-45-47(44,39-41(3)38-40(42)43)46-37-35-33-31-29-27-25-23-21-19-17-15-13-11-9-7-5-2/h18-21H,4-17,22-39H2,1-3H3,(H,42,43). The highest BCUT2D eigenvalue weighted by Gasteiger charge is 2.27. The van der Waals surface area contributed by atoms with E-state index in [9.17, 15) is 9.36 Å². The summed E-state index contributed by atoms with van der Waals surface area (Å²) in [5.74, 6) is -0.944. The van der Waals surface area contributed by atoms with Crippen molar-refractivity contribution in [3.05, 3.63) is 24.3 Å². The molecule has 0 saturated heterocycles. The lowest BCUT2D eigenvalue weighted by atomic mass is 10.1. The highest BCUT2D eigenvalue weighted by atomic mass is 31.2. The fourth-order valence-electron chi connectivity index (χ4n) is 5.80. The molecule has 0 spiro atoms. The van der Waals surface area contributed by atoms with Gasteiger partial charge in [-0.2, -0.15) is 0 Å². The smallest absolute Gasteiger partial charge is 0.344 e. The molecule has 0 rings (SSSR count). The zero-order valence-electron chi connectivity index (χ0n) is 31.4. The van der Waals surface area contributed by atoms with Crippen LogP contribution in [0.4, 0.5) is 0 Å². The molecule has 0 saturated carbocycles. The largest absolute Gasteiger partial charge is 0.480 e. The number of allylic oxidation sites excluding steroid dienone is 4. The second-order valence-electron chi connectivity index (χ2n) is 13.7. The summed E-state index contributed by atoms with van der Waals surface area (Å²) in [5.41, 5.74) is 0. The van der Waals surface area contributed by atoms with Crippen molar-refractivity contribution in [3.8, 4) is 0 Å². The van der Waals surface area contributed by atoms with Crippen molar-refractivity contribution in [2.24, 2.45) is 0 Å². The van der Waals surface area contributed by atoms with Crippen LogP contribution in [0.3, 0.4) is 0 Å². The van der Waals surface area contributed by atoms with Gasteiger partial charge in [0, 0.05) is 0 Å². The number of carbonyl (C=O) groups is 1. The van der Waals surface area contributed by atoms with Crippen molar-refractivity contribution in [2.75, 3.05) is 33.1 Å². The molecule has 47 heavy (non-hydrogen) atoms. The fraction of sp³-hybridized carbons (Fsp3) is 0.875. The van der Waals surface area contributed by atoms with Crippen LogP contribution >= 0.6 is 7.60 Å². The Bertz CT molecular complexity index is 724. The minimum atomic E-state index is -3.36. The summed E-state index contributed by atoms with van der Waals surface area (Å²) in [5, 5.41) is 9.12. The van der Waals surface area contributed by atoms with Crippen LogP contribution in [0.2, 0.25) is 0 Å². The summed E-state index contributed by atoms with van der Waals surface area (Å²) in [6.07, 6.45) is 44.2. The van der Waals surface area contributed by atoms with Gasteiger partial charge in [0.25, 0.3) is 0 Å².